The third-order valence-corrected chi connectivity index (χ3v) is 3.52. The first kappa shape index (κ1) is 14.5. The summed E-state index contributed by atoms with van der Waals surface area (Å²) >= 11 is 3.40. The second-order valence-corrected chi connectivity index (χ2v) is 5.08. The van der Waals surface area contributed by atoms with Gasteiger partial charge in [0.25, 0.3) is 5.69 Å². The normalized spacial score (nSPS) is 10.3. The maximum atomic E-state index is 10.9. The molecule has 6 heteroatoms. The highest BCUT2D eigenvalue weighted by Gasteiger charge is 2.15. The van der Waals surface area contributed by atoms with Crippen molar-refractivity contribution in [3.8, 4) is 11.5 Å². The van der Waals surface area contributed by atoms with Gasteiger partial charge in [-0.15, -0.1) is 0 Å². The van der Waals surface area contributed by atoms with Crippen molar-refractivity contribution in [3.63, 3.8) is 0 Å². The summed E-state index contributed by atoms with van der Waals surface area (Å²) in [6, 6.07) is 10.3. The average Bonchev–Trinajstić information content (AvgIpc) is 2.42. The van der Waals surface area contributed by atoms with E-state index in [-0.39, 0.29) is 5.69 Å². The van der Waals surface area contributed by atoms with Gasteiger partial charge in [0.05, 0.1) is 15.0 Å². The fraction of sp³-hybridized carbons (Fsp3) is 0.143. The van der Waals surface area contributed by atoms with Gasteiger partial charge in [-0.25, -0.2) is 0 Å². The molecule has 5 nitrogen and oxygen atoms in total. The van der Waals surface area contributed by atoms with Gasteiger partial charge in [0.1, 0.15) is 11.5 Å². The molecule has 2 N–H and O–H groups in total. The summed E-state index contributed by atoms with van der Waals surface area (Å²) in [5.74, 6) is 1.05. The summed E-state index contributed by atoms with van der Waals surface area (Å²) < 4.78 is 6.49. The van der Waals surface area contributed by atoms with Crippen molar-refractivity contribution < 1.29 is 9.66 Å². The molecule has 0 aliphatic heterocycles. The van der Waals surface area contributed by atoms with Crippen molar-refractivity contribution in [2.45, 2.75) is 13.5 Å². The molecule has 0 bridgehead atoms. The Morgan fingerprint density at radius 2 is 2.05 bits per heavy atom. The predicted molar refractivity (Wildman–Crippen MR) is 79.9 cm³/mol. The second-order valence-electron chi connectivity index (χ2n) is 4.23. The molecule has 0 aliphatic rings. The van der Waals surface area contributed by atoms with E-state index in [2.05, 4.69) is 15.9 Å². The van der Waals surface area contributed by atoms with Gasteiger partial charge in [0, 0.05) is 12.6 Å². The van der Waals surface area contributed by atoms with Crippen LogP contribution >= 0.6 is 15.9 Å². The van der Waals surface area contributed by atoms with Gasteiger partial charge >= 0.3 is 0 Å². The zero-order valence-corrected chi connectivity index (χ0v) is 12.4. The first-order valence-corrected chi connectivity index (χ1v) is 6.72. The summed E-state index contributed by atoms with van der Waals surface area (Å²) in [6.45, 7) is 2.10. The SMILES string of the molecule is Cc1c(Oc2ccc(CN)cc2Br)cccc1[N+](=O)[O-]. The van der Waals surface area contributed by atoms with Gasteiger partial charge < -0.3 is 10.5 Å². The molecular formula is C14H13BrN2O3. The Balaban J connectivity index is 2.35. The molecule has 2 aromatic rings. The van der Waals surface area contributed by atoms with Crippen LogP contribution < -0.4 is 10.5 Å². The molecule has 2 rings (SSSR count). The topological polar surface area (TPSA) is 78.4 Å². The number of nitro groups is 1. The second kappa shape index (κ2) is 6.02. The molecule has 0 amide bonds. The van der Waals surface area contributed by atoms with Crippen LogP contribution in [0.15, 0.2) is 40.9 Å². The first-order chi connectivity index (χ1) is 9.52. The van der Waals surface area contributed by atoms with E-state index < -0.39 is 4.92 Å². The van der Waals surface area contributed by atoms with Gasteiger partial charge in [-0.3, -0.25) is 10.1 Å². The highest BCUT2D eigenvalue weighted by Crippen LogP contribution is 2.34. The van der Waals surface area contributed by atoms with Crippen molar-refractivity contribution in [1.29, 1.82) is 0 Å². The number of halogens is 1. The Kier molecular flexibility index (Phi) is 4.36. The number of benzene rings is 2. The lowest BCUT2D eigenvalue weighted by molar-refractivity contribution is -0.385. The number of nitrogens with zero attached hydrogens (tertiary/aromatic N) is 1. The van der Waals surface area contributed by atoms with E-state index >= 15 is 0 Å². The zero-order valence-electron chi connectivity index (χ0n) is 10.8. The fourth-order valence-corrected chi connectivity index (χ4v) is 2.29. The van der Waals surface area contributed by atoms with Gasteiger partial charge in [-0.05, 0) is 46.6 Å². The van der Waals surface area contributed by atoms with Crippen LogP contribution in [-0.4, -0.2) is 4.92 Å². The Hall–Kier alpha value is -1.92. The first-order valence-electron chi connectivity index (χ1n) is 5.93. The number of hydrogen-bond acceptors (Lipinski definition) is 4. The minimum atomic E-state index is -0.422. The van der Waals surface area contributed by atoms with Crippen LogP contribution in [0.3, 0.4) is 0 Å². The Morgan fingerprint density at radius 3 is 2.65 bits per heavy atom. The molecule has 0 saturated carbocycles. The van der Waals surface area contributed by atoms with Gasteiger partial charge in [0.15, 0.2) is 0 Å². The minimum absolute atomic E-state index is 0.0391. The lowest BCUT2D eigenvalue weighted by Crippen LogP contribution is -1.97. The highest BCUT2D eigenvalue weighted by molar-refractivity contribution is 9.10. The lowest BCUT2D eigenvalue weighted by atomic mass is 10.2. The van der Waals surface area contributed by atoms with E-state index in [4.69, 9.17) is 10.5 Å². The quantitative estimate of drug-likeness (QED) is 0.677. The number of nitro benzene ring substituents is 1. The molecule has 0 atom stereocenters. The van der Waals surface area contributed by atoms with Crippen LogP contribution in [-0.2, 0) is 6.54 Å². The van der Waals surface area contributed by atoms with Crippen LogP contribution in [0.1, 0.15) is 11.1 Å². The molecule has 0 saturated heterocycles. The van der Waals surface area contributed by atoms with Crippen molar-refractivity contribution in [2.75, 3.05) is 0 Å². The van der Waals surface area contributed by atoms with Crippen LogP contribution in [0.5, 0.6) is 11.5 Å². The van der Waals surface area contributed by atoms with Crippen LogP contribution in [0.25, 0.3) is 0 Å². The Morgan fingerprint density at radius 1 is 1.30 bits per heavy atom. The van der Waals surface area contributed by atoms with Crippen molar-refractivity contribution in [1.82, 2.24) is 0 Å². The zero-order chi connectivity index (χ0) is 14.7. The predicted octanol–water partition coefficient (Wildman–Crippen LogP) is 3.92. The van der Waals surface area contributed by atoms with Gasteiger partial charge in [0.2, 0.25) is 0 Å². The average molecular weight is 337 g/mol. The van der Waals surface area contributed by atoms with E-state index in [1.54, 1.807) is 25.1 Å². The summed E-state index contributed by atoms with van der Waals surface area (Å²) in [7, 11) is 0. The van der Waals surface area contributed by atoms with Crippen LogP contribution in [0.2, 0.25) is 0 Å². The standard InChI is InChI=1S/C14H13BrN2O3/c1-9-12(17(18)19)3-2-4-13(9)20-14-6-5-10(8-16)7-11(14)15/h2-7H,8,16H2,1H3. The molecular weight excluding hydrogens is 324 g/mol. The molecule has 0 radical (unpaired) electrons. The fourth-order valence-electron chi connectivity index (χ4n) is 1.78. The number of ether oxygens (including phenoxy) is 1. The summed E-state index contributed by atoms with van der Waals surface area (Å²) in [5.41, 5.74) is 7.07. The van der Waals surface area contributed by atoms with E-state index in [0.717, 1.165) is 10.0 Å². The third-order valence-electron chi connectivity index (χ3n) is 2.90. The molecule has 0 heterocycles. The van der Waals surface area contributed by atoms with Gasteiger partial charge in [-0.2, -0.15) is 0 Å². The van der Waals surface area contributed by atoms with Crippen molar-refractivity contribution >= 4 is 21.6 Å². The summed E-state index contributed by atoms with van der Waals surface area (Å²) in [5, 5.41) is 10.9. The molecule has 0 spiro atoms. The maximum absolute atomic E-state index is 10.9. The van der Waals surface area contributed by atoms with E-state index in [0.29, 0.717) is 23.6 Å². The Labute approximate surface area is 124 Å². The molecule has 20 heavy (non-hydrogen) atoms. The maximum Gasteiger partial charge on any atom is 0.276 e. The molecule has 0 fully saturated rings. The minimum Gasteiger partial charge on any atom is -0.456 e. The molecule has 104 valence electrons. The third kappa shape index (κ3) is 2.97. The van der Waals surface area contributed by atoms with E-state index in [9.17, 15) is 10.1 Å². The van der Waals surface area contributed by atoms with Crippen LogP contribution in [0, 0.1) is 17.0 Å². The largest absolute Gasteiger partial charge is 0.456 e. The number of nitrogens with two attached hydrogens (primary N) is 1. The van der Waals surface area contributed by atoms with Gasteiger partial charge in [-0.1, -0.05) is 12.1 Å². The van der Waals surface area contributed by atoms with Crippen LogP contribution in [0.4, 0.5) is 5.69 Å². The van der Waals surface area contributed by atoms with Crippen molar-refractivity contribution in [2.24, 2.45) is 5.73 Å². The summed E-state index contributed by atoms with van der Waals surface area (Å²) in [4.78, 5) is 10.5. The number of hydrogen-bond donors (Lipinski definition) is 1. The van der Waals surface area contributed by atoms with E-state index in [1.807, 2.05) is 12.1 Å². The highest BCUT2D eigenvalue weighted by atomic mass is 79.9. The smallest absolute Gasteiger partial charge is 0.276 e. The molecule has 0 unspecified atom stereocenters. The Bertz CT molecular complexity index is 659. The van der Waals surface area contributed by atoms with Crippen molar-refractivity contribution in [3.05, 3.63) is 62.1 Å². The number of rotatable bonds is 4. The van der Waals surface area contributed by atoms with E-state index in [1.165, 1.54) is 6.07 Å². The molecule has 0 aromatic heterocycles. The lowest BCUT2D eigenvalue weighted by Gasteiger charge is -2.11. The summed E-state index contributed by atoms with van der Waals surface area (Å²) in [6.07, 6.45) is 0. The monoisotopic (exact) mass is 336 g/mol. The molecule has 0 aliphatic carbocycles. The molecule has 2 aromatic carbocycles.